The monoisotopic (exact) mass is 347 g/mol. The molecule has 3 nitrogen and oxygen atoms in total. The molecule has 0 atom stereocenters. The zero-order valence-corrected chi connectivity index (χ0v) is 13.7. The Bertz CT molecular complexity index is 640. The van der Waals surface area contributed by atoms with Crippen molar-refractivity contribution >= 4 is 27.5 Å². The Kier molecular flexibility index (Phi) is 5.53. The molecule has 0 radical (unpaired) electrons. The Balaban J connectivity index is 2.17. The van der Waals surface area contributed by atoms with Crippen LogP contribution in [0, 0.1) is 6.92 Å². The van der Waals surface area contributed by atoms with Crippen LogP contribution < -0.4 is 5.32 Å². The van der Waals surface area contributed by atoms with E-state index >= 15 is 0 Å². The third-order valence-corrected chi connectivity index (χ3v) is 4.04. The third kappa shape index (κ3) is 4.16. The van der Waals surface area contributed by atoms with Crippen molar-refractivity contribution in [2.75, 3.05) is 11.9 Å². The summed E-state index contributed by atoms with van der Waals surface area (Å²) in [5.41, 5.74) is 3.44. The van der Waals surface area contributed by atoms with E-state index in [-0.39, 0.29) is 5.91 Å². The van der Waals surface area contributed by atoms with E-state index in [2.05, 4.69) is 21.2 Å². The molecule has 0 spiro atoms. The van der Waals surface area contributed by atoms with Gasteiger partial charge in [-0.1, -0.05) is 34.1 Å². The normalized spacial score (nSPS) is 10.4. The predicted molar refractivity (Wildman–Crippen MR) is 88.6 cm³/mol. The number of halogens is 1. The molecular formula is C17H18BrNO2. The smallest absolute Gasteiger partial charge is 0.255 e. The van der Waals surface area contributed by atoms with Gasteiger partial charge in [-0.2, -0.15) is 0 Å². The standard InChI is InChI=1S/C17H18BrNO2/c1-3-21-11-14-6-4-5-7-16(14)19-17(20)13-8-9-15(18)12(2)10-13/h4-10H,3,11H2,1-2H3,(H,19,20). The molecule has 0 unspecified atom stereocenters. The summed E-state index contributed by atoms with van der Waals surface area (Å²) in [7, 11) is 0. The van der Waals surface area contributed by atoms with E-state index in [4.69, 9.17) is 4.74 Å². The second kappa shape index (κ2) is 7.38. The first-order valence-corrected chi connectivity index (χ1v) is 7.64. The van der Waals surface area contributed by atoms with Crippen molar-refractivity contribution < 1.29 is 9.53 Å². The van der Waals surface area contributed by atoms with Crippen molar-refractivity contribution in [3.8, 4) is 0 Å². The van der Waals surface area contributed by atoms with Gasteiger partial charge in [0.25, 0.3) is 5.91 Å². The number of carbonyl (C=O) groups is 1. The van der Waals surface area contributed by atoms with Crippen LogP contribution in [-0.2, 0) is 11.3 Å². The highest BCUT2D eigenvalue weighted by atomic mass is 79.9. The van der Waals surface area contributed by atoms with Gasteiger partial charge >= 0.3 is 0 Å². The topological polar surface area (TPSA) is 38.3 Å². The van der Waals surface area contributed by atoms with Gasteiger partial charge in [0.2, 0.25) is 0 Å². The number of hydrogen-bond acceptors (Lipinski definition) is 2. The highest BCUT2D eigenvalue weighted by Gasteiger charge is 2.10. The van der Waals surface area contributed by atoms with Crippen molar-refractivity contribution in [1.29, 1.82) is 0 Å². The number of benzene rings is 2. The Morgan fingerprint density at radius 1 is 1.24 bits per heavy atom. The molecule has 0 heterocycles. The molecule has 0 aliphatic rings. The summed E-state index contributed by atoms with van der Waals surface area (Å²) in [4.78, 5) is 12.3. The first kappa shape index (κ1) is 15.7. The first-order chi connectivity index (χ1) is 10.1. The summed E-state index contributed by atoms with van der Waals surface area (Å²) in [6.45, 7) is 5.05. The molecule has 0 aliphatic carbocycles. The predicted octanol–water partition coefficient (Wildman–Crippen LogP) is 4.55. The quantitative estimate of drug-likeness (QED) is 0.861. The summed E-state index contributed by atoms with van der Waals surface area (Å²) < 4.78 is 6.42. The number of hydrogen-bond donors (Lipinski definition) is 1. The molecule has 1 amide bonds. The fraction of sp³-hybridized carbons (Fsp3) is 0.235. The van der Waals surface area contributed by atoms with E-state index in [0.29, 0.717) is 18.8 Å². The van der Waals surface area contributed by atoms with Gasteiger partial charge in [0, 0.05) is 27.9 Å². The van der Waals surface area contributed by atoms with E-state index in [1.807, 2.05) is 50.2 Å². The molecule has 0 bridgehead atoms. The number of nitrogens with one attached hydrogen (secondary N) is 1. The second-order valence-electron chi connectivity index (χ2n) is 4.71. The van der Waals surface area contributed by atoms with Crippen LogP contribution in [-0.4, -0.2) is 12.5 Å². The lowest BCUT2D eigenvalue weighted by Crippen LogP contribution is -2.13. The van der Waals surface area contributed by atoms with Gasteiger partial charge in [-0.15, -0.1) is 0 Å². The molecule has 1 N–H and O–H groups in total. The lowest BCUT2D eigenvalue weighted by molar-refractivity contribution is 0.102. The maximum atomic E-state index is 12.3. The van der Waals surface area contributed by atoms with Crippen molar-refractivity contribution in [2.24, 2.45) is 0 Å². The minimum atomic E-state index is -0.116. The van der Waals surface area contributed by atoms with Gasteiger partial charge in [-0.25, -0.2) is 0 Å². The molecule has 2 aromatic carbocycles. The van der Waals surface area contributed by atoms with Crippen LogP contribution in [0.25, 0.3) is 0 Å². The van der Waals surface area contributed by atoms with Crippen LogP contribution >= 0.6 is 15.9 Å². The average Bonchev–Trinajstić information content (AvgIpc) is 2.49. The van der Waals surface area contributed by atoms with E-state index in [0.717, 1.165) is 21.3 Å². The minimum absolute atomic E-state index is 0.116. The zero-order valence-electron chi connectivity index (χ0n) is 12.2. The number of carbonyl (C=O) groups excluding carboxylic acids is 1. The van der Waals surface area contributed by atoms with Crippen LogP contribution in [0.15, 0.2) is 46.9 Å². The highest BCUT2D eigenvalue weighted by molar-refractivity contribution is 9.10. The number of para-hydroxylation sites is 1. The summed E-state index contributed by atoms with van der Waals surface area (Å²) >= 11 is 3.44. The number of ether oxygens (including phenoxy) is 1. The molecule has 0 aromatic heterocycles. The molecule has 21 heavy (non-hydrogen) atoms. The molecule has 2 aromatic rings. The average molecular weight is 348 g/mol. The molecular weight excluding hydrogens is 330 g/mol. The van der Waals surface area contributed by atoms with Gasteiger partial charge in [0.05, 0.1) is 6.61 Å². The molecule has 0 fully saturated rings. The van der Waals surface area contributed by atoms with Crippen LogP contribution in [0.3, 0.4) is 0 Å². The molecule has 110 valence electrons. The largest absolute Gasteiger partial charge is 0.377 e. The van der Waals surface area contributed by atoms with Crippen molar-refractivity contribution in [3.05, 3.63) is 63.6 Å². The molecule has 2 rings (SSSR count). The molecule has 0 saturated heterocycles. The fourth-order valence-corrected chi connectivity index (χ4v) is 2.21. The lowest BCUT2D eigenvalue weighted by Gasteiger charge is -2.11. The van der Waals surface area contributed by atoms with Gasteiger partial charge in [0.1, 0.15) is 0 Å². The first-order valence-electron chi connectivity index (χ1n) is 6.85. The number of aryl methyl sites for hydroxylation is 1. The fourth-order valence-electron chi connectivity index (χ4n) is 1.96. The van der Waals surface area contributed by atoms with Gasteiger partial charge in [0.15, 0.2) is 0 Å². The maximum Gasteiger partial charge on any atom is 0.255 e. The van der Waals surface area contributed by atoms with Gasteiger partial charge < -0.3 is 10.1 Å². The van der Waals surface area contributed by atoms with Crippen molar-refractivity contribution in [2.45, 2.75) is 20.5 Å². The molecule has 0 saturated carbocycles. The Labute approximate surface area is 133 Å². The van der Waals surface area contributed by atoms with Crippen LogP contribution in [0.1, 0.15) is 28.4 Å². The summed E-state index contributed by atoms with van der Waals surface area (Å²) in [5.74, 6) is -0.116. The minimum Gasteiger partial charge on any atom is -0.377 e. The van der Waals surface area contributed by atoms with Crippen molar-refractivity contribution in [1.82, 2.24) is 0 Å². The number of rotatable bonds is 5. The Morgan fingerprint density at radius 2 is 2.00 bits per heavy atom. The van der Waals surface area contributed by atoms with Crippen LogP contribution in [0.2, 0.25) is 0 Å². The second-order valence-corrected chi connectivity index (χ2v) is 5.57. The van der Waals surface area contributed by atoms with E-state index in [1.165, 1.54) is 0 Å². The van der Waals surface area contributed by atoms with Gasteiger partial charge in [-0.3, -0.25) is 4.79 Å². The zero-order chi connectivity index (χ0) is 15.2. The van der Waals surface area contributed by atoms with Crippen LogP contribution in [0.4, 0.5) is 5.69 Å². The number of anilines is 1. The van der Waals surface area contributed by atoms with Crippen LogP contribution in [0.5, 0.6) is 0 Å². The Hall–Kier alpha value is -1.65. The molecule has 0 aliphatic heterocycles. The SMILES string of the molecule is CCOCc1ccccc1NC(=O)c1ccc(Br)c(C)c1. The van der Waals surface area contributed by atoms with Gasteiger partial charge in [-0.05, 0) is 43.7 Å². The third-order valence-electron chi connectivity index (χ3n) is 3.15. The summed E-state index contributed by atoms with van der Waals surface area (Å²) in [5, 5.41) is 2.95. The number of amides is 1. The lowest BCUT2D eigenvalue weighted by atomic mass is 10.1. The van der Waals surface area contributed by atoms with E-state index < -0.39 is 0 Å². The maximum absolute atomic E-state index is 12.3. The summed E-state index contributed by atoms with van der Waals surface area (Å²) in [6, 6.07) is 13.2. The Morgan fingerprint density at radius 3 is 2.71 bits per heavy atom. The highest BCUT2D eigenvalue weighted by Crippen LogP contribution is 2.20. The van der Waals surface area contributed by atoms with E-state index in [1.54, 1.807) is 6.07 Å². The van der Waals surface area contributed by atoms with E-state index in [9.17, 15) is 4.79 Å². The summed E-state index contributed by atoms with van der Waals surface area (Å²) in [6.07, 6.45) is 0. The van der Waals surface area contributed by atoms with Crippen molar-refractivity contribution in [3.63, 3.8) is 0 Å². The molecule has 4 heteroatoms.